The molecule has 1 aromatic rings. The van der Waals surface area contributed by atoms with Crippen LogP contribution < -0.4 is 0 Å². The highest BCUT2D eigenvalue weighted by atomic mass is 16.4. The molecule has 0 aromatic carbocycles. The Hall–Kier alpha value is -1.32. The van der Waals surface area contributed by atoms with Crippen molar-refractivity contribution in [3.63, 3.8) is 0 Å². The Balaban J connectivity index is 2.93. The first kappa shape index (κ1) is 9.77. The maximum absolute atomic E-state index is 10.5. The van der Waals surface area contributed by atoms with E-state index in [1.807, 2.05) is 18.4 Å². The molecule has 4 heteroatoms. The van der Waals surface area contributed by atoms with Gasteiger partial charge in [0.05, 0.1) is 6.42 Å². The minimum absolute atomic E-state index is 0.0564. The molecule has 0 aliphatic rings. The number of rotatable bonds is 4. The van der Waals surface area contributed by atoms with E-state index in [4.69, 9.17) is 5.11 Å². The van der Waals surface area contributed by atoms with Gasteiger partial charge in [-0.25, -0.2) is 4.98 Å². The number of imidazole rings is 1. The Morgan fingerprint density at radius 1 is 1.62 bits per heavy atom. The van der Waals surface area contributed by atoms with Crippen LogP contribution in [0.15, 0.2) is 6.20 Å². The highest BCUT2D eigenvalue weighted by molar-refractivity contribution is 5.69. The van der Waals surface area contributed by atoms with Gasteiger partial charge in [0.1, 0.15) is 5.82 Å². The van der Waals surface area contributed by atoms with Crippen LogP contribution >= 0.6 is 0 Å². The SMILES string of the molecule is CCc1ncc(CC(=O)O)n1CC. The van der Waals surface area contributed by atoms with Crippen LogP contribution in [0.4, 0.5) is 0 Å². The molecule has 1 aromatic heterocycles. The van der Waals surface area contributed by atoms with Crippen molar-refractivity contribution in [3.05, 3.63) is 17.7 Å². The van der Waals surface area contributed by atoms with Gasteiger partial charge in [0.2, 0.25) is 0 Å². The van der Waals surface area contributed by atoms with E-state index in [2.05, 4.69) is 4.98 Å². The third kappa shape index (κ3) is 2.08. The molecule has 0 amide bonds. The van der Waals surface area contributed by atoms with Crippen LogP contribution in [0.2, 0.25) is 0 Å². The Bertz CT molecular complexity index is 305. The molecule has 0 fully saturated rings. The van der Waals surface area contributed by atoms with Crippen molar-refractivity contribution in [2.24, 2.45) is 0 Å². The zero-order chi connectivity index (χ0) is 9.84. The van der Waals surface area contributed by atoms with E-state index in [0.717, 1.165) is 24.5 Å². The number of hydrogen-bond acceptors (Lipinski definition) is 2. The number of carboxylic acid groups (broad SMARTS) is 1. The molecule has 4 nitrogen and oxygen atoms in total. The molecule has 1 N–H and O–H groups in total. The van der Waals surface area contributed by atoms with Gasteiger partial charge in [0.25, 0.3) is 0 Å². The van der Waals surface area contributed by atoms with Gasteiger partial charge in [-0.3, -0.25) is 4.79 Å². The topological polar surface area (TPSA) is 55.1 Å². The number of aliphatic carboxylic acids is 1. The zero-order valence-electron chi connectivity index (χ0n) is 7.95. The van der Waals surface area contributed by atoms with E-state index in [1.165, 1.54) is 0 Å². The average Bonchev–Trinajstić information content (AvgIpc) is 2.45. The van der Waals surface area contributed by atoms with Crippen LogP contribution in [0.1, 0.15) is 25.4 Å². The lowest BCUT2D eigenvalue weighted by atomic mass is 10.3. The second kappa shape index (κ2) is 4.07. The predicted molar refractivity (Wildman–Crippen MR) is 48.6 cm³/mol. The third-order valence-corrected chi connectivity index (χ3v) is 1.99. The number of nitrogens with zero attached hydrogens (tertiary/aromatic N) is 2. The highest BCUT2D eigenvalue weighted by Crippen LogP contribution is 2.06. The Kier molecular flexibility index (Phi) is 3.06. The Morgan fingerprint density at radius 2 is 2.31 bits per heavy atom. The minimum Gasteiger partial charge on any atom is -0.481 e. The molecule has 13 heavy (non-hydrogen) atoms. The van der Waals surface area contributed by atoms with E-state index in [9.17, 15) is 4.79 Å². The van der Waals surface area contributed by atoms with E-state index >= 15 is 0 Å². The molecular weight excluding hydrogens is 168 g/mol. The van der Waals surface area contributed by atoms with Gasteiger partial charge in [-0.2, -0.15) is 0 Å². The molecule has 0 unspecified atom stereocenters. The summed E-state index contributed by atoms with van der Waals surface area (Å²) in [5, 5.41) is 8.63. The second-order valence-electron chi connectivity index (χ2n) is 2.83. The van der Waals surface area contributed by atoms with Crippen molar-refractivity contribution >= 4 is 5.97 Å². The fourth-order valence-corrected chi connectivity index (χ4v) is 1.42. The number of aromatic nitrogens is 2. The molecule has 1 rings (SSSR count). The van der Waals surface area contributed by atoms with Crippen LogP contribution in [0.3, 0.4) is 0 Å². The van der Waals surface area contributed by atoms with Gasteiger partial charge in [0, 0.05) is 24.9 Å². The van der Waals surface area contributed by atoms with Crippen LogP contribution in [0.25, 0.3) is 0 Å². The van der Waals surface area contributed by atoms with Crippen LogP contribution in [-0.4, -0.2) is 20.6 Å². The molecule has 0 aliphatic carbocycles. The highest BCUT2D eigenvalue weighted by Gasteiger charge is 2.09. The van der Waals surface area contributed by atoms with Crippen molar-refractivity contribution in [1.82, 2.24) is 9.55 Å². The lowest BCUT2D eigenvalue weighted by molar-refractivity contribution is -0.136. The van der Waals surface area contributed by atoms with Crippen molar-refractivity contribution in [1.29, 1.82) is 0 Å². The first-order chi connectivity index (χ1) is 6.19. The van der Waals surface area contributed by atoms with Gasteiger partial charge in [0.15, 0.2) is 0 Å². The smallest absolute Gasteiger partial charge is 0.309 e. The molecule has 0 aliphatic heterocycles. The molecule has 0 atom stereocenters. The summed E-state index contributed by atoms with van der Waals surface area (Å²) in [7, 11) is 0. The molecule has 0 saturated carbocycles. The molecule has 72 valence electrons. The summed E-state index contributed by atoms with van der Waals surface area (Å²) in [6, 6.07) is 0. The van der Waals surface area contributed by atoms with Crippen molar-refractivity contribution in [2.75, 3.05) is 0 Å². The van der Waals surface area contributed by atoms with E-state index in [0.29, 0.717) is 0 Å². The van der Waals surface area contributed by atoms with Gasteiger partial charge >= 0.3 is 5.97 Å². The largest absolute Gasteiger partial charge is 0.481 e. The first-order valence-electron chi connectivity index (χ1n) is 4.44. The lowest BCUT2D eigenvalue weighted by Crippen LogP contribution is -2.09. The summed E-state index contributed by atoms with van der Waals surface area (Å²) >= 11 is 0. The van der Waals surface area contributed by atoms with Crippen LogP contribution in [0, 0.1) is 0 Å². The van der Waals surface area contributed by atoms with Crippen molar-refractivity contribution in [3.8, 4) is 0 Å². The third-order valence-electron chi connectivity index (χ3n) is 1.99. The molecule has 0 saturated heterocycles. The number of carboxylic acids is 1. The Morgan fingerprint density at radius 3 is 2.77 bits per heavy atom. The lowest BCUT2D eigenvalue weighted by Gasteiger charge is -2.05. The fourth-order valence-electron chi connectivity index (χ4n) is 1.42. The zero-order valence-corrected chi connectivity index (χ0v) is 7.95. The summed E-state index contributed by atoms with van der Waals surface area (Å²) in [6.07, 6.45) is 2.55. The van der Waals surface area contributed by atoms with Crippen molar-refractivity contribution < 1.29 is 9.90 Å². The minimum atomic E-state index is -0.808. The monoisotopic (exact) mass is 182 g/mol. The molecule has 0 spiro atoms. The van der Waals surface area contributed by atoms with Gasteiger partial charge in [-0.05, 0) is 6.92 Å². The maximum Gasteiger partial charge on any atom is 0.309 e. The average molecular weight is 182 g/mol. The summed E-state index contributed by atoms with van der Waals surface area (Å²) in [4.78, 5) is 14.7. The predicted octanol–water partition coefficient (Wildman–Crippen LogP) is 1.09. The Labute approximate surface area is 77.2 Å². The quantitative estimate of drug-likeness (QED) is 0.758. The van der Waals surface area contributed by atoms with Gasteiger partial charge < -0.3 is 9.67 Å². The molecule has 0 radical (unpaired) electrons. The van der Waals surface area contributed by atoms with E-state index in [-0.39, 0.29) is 6.42 Å². The second-order valence-corrected chi connectivity index (χ2v) is 2.83. The van der Waals surface area contributed by atoms with Crippen LogP contribution in [0.5, 0.6) is 0 Å². The van der Waals surface area contributed by atoms with E-state index < -0.39 is 5.97 Å². The van der Waals surface area contributed by atoms with E-state index in [1.54, 1.807) is 6.20 Å². The fraction of sp³-hybridized carbons (Fsp3) is 0.556. The number of carbonyl (C=O) groups is 1. The summed E-state index contributed by atoms with van der Waals surface area (Å²) in [6.45, 7) is 4.79. The summed E-state index contributed by atoms with van der Waals surface area (Å²) in [5.74, 6) is 0.149. The first-order valence-corrected chi connectivity index (χ1v) is 4.44. The number of hydrogen-bond donors (Lipinski definition) is 1. The number of aryl methyl sites for hydroxylation is 1. The van der Waals surface area contributed by atoms with Gasteiger partial charge in [-0.15, -0.1) is 0 Å². The standard InChI is InChI=1S/C9H14N2O2/c1-3-8-10-6-7(5-9(12)13)11(8)4-2/h6H,3-5H2,1-2H3,(H,12,13). The molecule has 0 bridgehead atoms. The molecule has 1 heterocycles. The summed E-state index contributed by atoms with van der Waals surface area (Å²) in [5.41, 5.74) is 0.784. The molecular formula is C9H14N2O2. The van der Waals surface area contributed by atoms with Gasteiger partial charge in [-0.1, -0.05) is 6.92 Å². The summed E-state index contributed by atoms with van der Waals surface area (Å²) < 4.78 is 1.95. The maximum atomic E-state index is 10.5. The normalized spacial score (nSPS) is 10.3. The van der Waals surface area contributed by atoms with Crippen LogP contribution in [-0.2, 0) is 24.2 Å². The van der Waals surface area contributed by atoms with Crippen molar-refractivity contribution in [2.45, 2.75) is 33.2 Å².